The number of hydrogen-bond donors (Lipinski definition) is 1. The number of likely N-dealkylation sites (N-methyl/N-ethyl adjacent to an activating group) is 1. The first-order valence-corrected chi connectivity index (χ1v) is 6.22. The molecular weight excluding hydrogens is 259 g/mol. The number of hydrogen-bond acceptors (Lipinski definition) is 3. The Bertz CT molecular complexity index is 602. The van der Waals surface area contributed by atoms with Crippen molar-refractivity contribution in [1.82, 2.24) is 4.98 Å². The summed E-state index contributed by atoms with van der Waals surface area (Å²) in [7, 11) is 1.67. The molecule has 1 heterocycles. The minimum atomic E-state index is -1.14. The van der Waals surface area contributed by atoms with Gasteiger partial charge in [-0.25, -0.2) is 9.18 Å². The molecule has 0 aliphatic heterocycles. The first kappa shape index (κ1) is 14.0. The summed E-state index contributed by atoms with van der Waals surface area (Å²) in [4.78, 5) is 16.9. The fraction of sp³-hybridized carbons (Fsp3) is 0.200. The van der Waals surface area contributed by atoms with Crippen molar-refractivity contribution in [1.29, 1.82) is 0 Å². The molecule has 1 aromatic carbocycles. The van der Waals surface area contributed by atoms with E-state index < -0.39 is 11.8 Å². The quantitative estimate of drug-likeness (QED) is 0.910. The Morgan fingerprint density at radius 1 is 1.30 bits per heavy atom. The van der Waals surface area contributed by atoms with E-state index in [-0.39, 0.29) is 11.3 Å². The van der Waals surface area contributed by atoms with Crippen LogP contribution in [0.1, 0.15) is 16.1 Å². The minimum absolute atomic E-state index is 0.0338. The number of carboxylic acid groups (broad SMARTS) is 1. The molecule has 0 radical (unpaired) electrons. The maximum atomic E-state index is 13.9. The van der Waals surface area contributed by atoms with E-state index in [9.17, 15) is 9.18 Å². The van der Waals surface area contributed by atoms with E-state index in [1.165, 1.54) is 18.2 Å². The molecule has 0 atom stereocenters. The Morgan fingerprint density at radius 2 is 2.10 bits per heavy atom. The molecule has 0 saturated carbocycles. The molecule has 0 aliphatic carbocycles. The number of carbonyl (C=O) groups is 1. The lowest BCUT2D eigenvalue weighted by Gasteiger charge is -2.21. The van der Waals surface area contributed by atoms with Gasteiger partial charge < -0.3 is 10.0 Å². The second-order valence-corrected chi connectivity index (χ2v) is 4.43. The van der Waals surface area contributed by atoms with Gasteiger partial charge in [-0.1, -0.05) is 12.1 Å². The number of pyridine rings is 1. The predicted octanol–water partition coefficient (Wildman–Crippen LogP) is 2.60. The van der Waals surface area contributed by atoms with E-state index in [0.717, 1.165) is 5.69 Å². The van der Waals surface area contributed by atoms with Gasteiger partial charge in [0.1, 0.15) is 5.82 Å². The summed E-state index contributed by atoms with van der Waals surface area (Å²) in [6, 6.07) is 9.65. The van der Waals surface area contributed by atoms with Gasteiger partial charge in [0, 0.05) is 31.9 Å². The van der Waals surface area contributed by atoms with Crippen molar-refractivity contribution in [2.75, 3.05) is 18.5 Å². The van der Waals surface area contributed by atoms with E-state index in [4.69, 9.17) is 5.11 Å². The third-order valence-corrected chi connectivity index (χ3v) is 3.03. The Balaban J connectivity index is 2.17. The fourth-order valence-electron chi connectivity index (χ4n) is 2.02. The fourth-order valence-corrected chi connectivity index (χ4v) is 2.02. The second-order valence-electron chi connectivity index (χ2n) is 4.43. The first-order chi connectivity index (χ1) is 9.59. The third kappa shape index (κ3) is 3.12. The van der Waals surface area contributed by atoms with Crippen molar-refractivity contribution in [2.24, 2.45) is 0 Å². The van der Waals surface area contributed by atoms with Crippen LogP contribution in [0.15, 0.2) is 42.6 Å². The molecule has 2 rings (SSSR count). The Hall–Kier alpha value is -2.43. The highest BCUT2D eigenvalue weighted by molar-refractivity contribution is 5.94. The number of carboxylic acids is 1. The zero-order chi connectivity index (χ0) is 14.5. The lowest BCUT2D eigenvalue weighted by Crippen LogP contribution is -2.24. The normalized spacial score (nSPS) is 10.3. The van der Waals surface area contributed by atoms with E-state index >= 15 is 0 Å². The van der Waals surface area contributed by atoms with Gasteiger partial charge >= 0.3 is 5.97 Å². The van der Waals surface area contributed by atoms with Crippen molar-refractivity contribution in [3.63, 3.8) is 0 Å². The molecule has 5 heteroatoms. The Morgan fingerprint density at radius 3 is 2.75 bits per heavy atom. The van der Waals surface area contributed by atoms with Crippen molar-refractivity contribution >= 4 is 11.7 Å². The van der Waals surface area contributed by atoms with Gasteiger partial charge in [-0.15, -0.1) is 0 Å². The lowest BCUT2D eigenvalue weighted by molar-refractivity contribution is 0.0697. The maximum absolute atomic E-state index is 13.9. The summed E-state index contributed by atoms with van der Waals surface area (Å²) in [6.45, 7) is 0.484. The van der Waals surface area contributed by atoms with Crippen LogP contribution in [-0.2, 0) is 6.42 Å². The van der Waals surface area contributed by atoms with Crippen LogP contribution in [0.5, 0.6) is 0 Å². The summed E-state index contributed by atoms with van der Waals surface area (Å²) in [5.74, 6) is -1.67. The van der Waals surface area contributed by atoms with Crippen LogP contribution >= 0.6 is 0 Å². The molecule has 1 N–H and O–H groups in total. The summed E-state index contributed by atoms with van der Waals surface area (Å²) in [6.07, 6.45) is 2.31. The number of para-hydroxylation sites is 1. The first-order valence-electron chi connectivity index (χ1n) is 6.22. The zero-order valence-corrected chi connectivity index (χ0v) is 11.1. The SMILES string of the molecule is CN(CCc1ccccn1)c1c(F)cccc1C(=O)O. The van der Waals surface area contributed by atoms with Crippen LogP contribution in [0, 0.1) is 5.82 Å². The molecule has 0 fully saturated rings. The van der Waals surface area contributed by atoms with E-state index in [1.54, 1.807) is 18.1 Å². The number of aromatic carboxylic acids is 1. The average molecular weight is 274 g/mol. The summed E-state index contributed by atoms with van der Waals surface area (Å²) >= 11 is 0. The third-order valence-electron chi connectivity index (χ3n) is 3.03. The molecule has 1 aromatic heterocycles. The minimum Gasteiger partial charge on any atom is -0.478 e. The van der Waals surface area contributed by atoms with Gasteiger partial charge in [-0.2, -0.15) is 0 Å². The number of benzene rings is 1. The highest BCUT2D eigenvalue weighted by Gasteiger charge is 2.17. The molecule has 20 heavy (non-hydrogen) atoms. The zero-order valence-electron chi connectivity index (χ0n) is 11.1. The van der Waals surface area contributed by atoms with Gasteiger partial charge in [-0.05, 0) is 24.3 Å². The highest BCUT2D eigenvalue weighted by atomic mass is 19.1. The van der Waals surface area contributed by atoms with E-state index in [1.807, 2.05) is 18.2 Å². The van der Waals surface area contributed by atoms with Crippen molar-refractivity contribution in [2.45, 2.75) is 6.42 Å². The maximum Gasteiger partial charge on any atom is 0.337 e. The topological polar surface area (TPSA) is 53.4 Å². The lowest BCUT2D eigenvalue weighted by atomic mass is 10.1. The molecule has 4 nitrogen and oxygen atoms in total. The van der Waals surface area contributed by atoms with Gasteiger partial charge in [-0.3, -0.25) is 4.98 Å². The van der Waals surface area contributed by atoms with Crippen molar-refractivity contribution in [3.8, 4) is 0 Å². The molecule has 0 spiro atoms. The molecule has 0 aliphatic rings. The molecule has 0 saturated heterocycles. The number of aromatic nitrogens is 1. The highest BCUT2D eigenvalue weighted by Crippen LogP contribution is 2.23. The number of anilines is 1. The predicted molar refractivity (Wildman–Crippen MR) is 74.6 cm³/mol. The standard InChI is InChI=1S/C15H15FN2O2/c1-18(10-8-11-5-2-3-9-17-11)14-12(15(19)20)6-4-7-13(14)16/h2-7,9H,8,10H2,1H3,(H,19,20). The monoisotopic (exact) mass is 274 g/mol. The average Bonchev–Trinajstić information content (AvgIpc) is 2.45. The van der Waals surface area contributed by atoms with Gasteiger partial charge in [0.25, 0.3) is 0 Å². The van der Waals surface area contributed by atoms with Gasteiger partial charge in [0.2, 0.25) is 0 Å². The summed E-state index contributed by atoms with van der Waals surface area (Å²) in [5.41, 5.74) is 0.956. The Labute approximate surface area is 116 Å². The van der Waals surface area contributed by atoms with Crippen LogP contribution in [0.25, 0.3) is 0 Å². The van der Waals surface area contributed by atoms with Crippen molar-refractivity contribution < 1.29 is 14.3 Å². The van der Waals surface area contributed by atoms with Gasteiger partial charge in [0.15, 0.2) is 0 Å². The van der Waals surface area contributed by atoms with Gasteiger partial charge in [0.05, 0.1) is 11.3 Å². The van der Waals surface area contributed by atoms with E-state index in [0.29, 0.717) is 13.0 Å². The molecule has 0 unspecified atom stereocenters. The Kier molecular flexibility index (Phi) is 4.30. The summed E-state index contributed by atoms with van der Waals surface area (Å²) < 4.78 is 13.9. The largest absolute Gasteiger partial charge is 0.478 e. The number of nitrogens with zero attached hydrogens (tertiary/aromatic N) is 2. The summed E-state index contributed by atoms with van der Waals surface area (Å²) in [5, 5.41) is 9.12. The second kappa shape index (κ2) is 6.14. The van der Waals surface area contributed by atoms with Crippen LogP contribution in [0.4, 0.5) is 10.1 Å². The van der Waals surface area contributed by atoms with Crippen LogP contribution < -0.4 is 4.90 Å². The molecule has 2 aromatic rings. The molecular formula is C15H15FN2O2. The molecule has 0 bridgehead atoms. The van der Waals surface area contributed by atoms with Crippen LogP contribution in [0.2, 0.25) is 0 Å². The van der Waals surface area contributed by atoms with Crippen LogP contribution in [0.3, 0.4) is 0 Å². The number of rotatable bonds is 5. The molecule has 0 amide bonds. The molecule has 104 valence electrons. The number of halogens is 1. The van der Waals surface area contributed by atoms with Crippen LogP contribution in [-0.4, -0.2) is 29.7 Å². The smallest absolute Gasteiger partial charge is 0.337 e. The van der Waals surface area contributed by atoms with E-state index in [2.05, 4.69) is 4.98 Å². The van der Waals surface area contributed by atoms with Crippen molar-refractivity contribution in [3.05, 3.63) is 59.7 Å².